The monoisotopic (exact) mass is 409 g/mol. The van der Waals surface area contributed by atoms with Crippen molar-refractivity contribution in [1.29, 1.82) is 0 Å². The Morgan fingerprint density at radius 3 is 2.21 bits per heavy atom. The van der Waals surface area contributed by atoms with Crippen molar-refractivity contribution in [3.63, 3.8) is 0 Å². The van der Waals surface area contributed by atoms with Crippen molar-refractivity contribution in [3.05, 3.63) is 29.5 Å². The van der Waals surface area contributed by atoms with Gasteiger partial charge in [-0.05, 0) is 24.6 Å². The van der Waals surface area contributed by atoms with E-state index in [0.717, 1.165) is 5.56 Å². The number of thioether (sulfide) groups is 1. The Morgan fingerprint density at radius 1 is 1.04 bits per heavy atom. The number of ether oxygens (including phenoxy) is 3. The Kier molecular flexibility index (Phi) is 8.00. The number of methoxy groups -OCH3 is 3. The molecule has 1 aromatic heterocycles. The normalized spacial score (nSPS) is 10.3. The van der Waals surface area contributed by atoms with Crippen molar-refractivity contribution in [3.8, 4) is 17.2 Å². The smallest absolute Gasteiger partial charge is 0.235 e. The zero-order chi connectivity index (χ0) is 20.5. The van der Waals surface area contributed by atoms with E-state index in [1.165, 1.54) is 33.1 Å². The third-order valence-corrected chi connectivity index (χ3v) is 4.51. The molecule has 9 nitrogen and oxygen atoms in total. The molecular formula is C18H23N3O6S. The predicted octanol–water partition coefficient (Wildman–Crippen LogP) is 2.00. The van der Waals surface area contributed by atoms with Gasteiger partial charge in [-0.3, -0.25) is 9.59 Å². The molecule has 152 valence electrons. The van der Waals surface area contributed by atoms with Crippen molar-refractivity contribution in [2.24, 2.45) is 0 Å². The number of rotatable bonds is 10. The number of nitrogens with zero attached hydrogens (tertiary/aromatic N) is 1. The number of amides is 2. The number of nitrogens with one attached hydrogen (secondary N) is 2. The number of aromatic nitrogens is 1. The Morgan fingerprint density at radius 2 is 1.68 bits per heavy atom. The maximum atomic E-state index is 12.0. The number of anilines is 1. The minimum absolute atomic E-state index is 0.128. The van der Waals surface area contributed by atoms with Gasteiger partial charge in [0.1, 0.15) is 5.76 Å². The summed E-state index contributed by atoms with van der Waals surface area (Å²) < 4.78 is 20.7. The Bertz CT molecular complexity index is 798. The minimum atomic E-state index is -0.254. The van der Waals surface area contributed by atoms with Gasteiger partial charge in [-0.15, -0.1) is 11.8 Å². The van der Waals surface area contributed by atoms with Crippen LogP contribution in [0.4, 0.5) is 5.82 Å². The Balaban J connectivity index is 1.78. The highest BCUT2D eigenvalue weighted by molar-refractivity contribution is 8.00. The highest BCUT2D eigenvalue weighted by atomic mass is 32.2. The fourth-order valence-corrected chi connectivity index (χ4v) is 2.98. The van der Waals surface area contributed by atoms with Gasteiger partial charge in [-0.2, -0.15) is 0 Å². The van der Waals surface area contributed by atoms with Gasteiger partial charge < -0.3 is 29.4 Å². The topological polar surface area (TPSA) is 112 Å². The van der Waals surface area contributed by atoms with E-state index in [-0.39, 0.29) is 23.3 Å². The van der Waals surface area contributed by atoms with Crippen LogP contribution in [0.25, 0.3) is 0 Å². The molecule has 0 atom stereocenters. The average Bonchev–Trinajstić information content (AvgIpc) is 3.09. The van der Waals surface area contributed by atoms with Crippen molar-refractivity contribution in [1.82, 2.24) is 10.5 Å². The van der Waals surface area contributed by atoms with E-state index in [4.69, 9.17) is 18.7 Å². The maximum absolute atomic E-state index is 12.0. The second kappa shape index (κ2) is 10.5. The number of hydrogen-bond donors (Lipinski definition) is 2. The number of benzene rings is 1. The van der Waals surface area contributed by atoms with E-state index in [0.29, 0.717) is 35.4 Å². The molecule has 0 bridgehead atoms. The Hall–Kier alpha value is -2.88. The molecule has 0 aliphatic rings. The summed E-state index contributed by atoms with van der Waals surface area (Å²) in [5.41, 5.74) is 0.798. The summed E-state index contributed by atoms with van der Waals surface area (Å²) in [5.74, 6) is 2.31. The van der Waals surface area contributed by atoms with Gasteiger partial charge in [0.05, 0.1) is 32.8 Å². The first-order chi connectivity index (χ1) is 13.5. The number of carbonyl (C=O) groups excluding carboxylic acids is 2. The van der Waals surface area contributed by atoms with E-state index in [9.17, 15) is 9.59 Å². The first-order valence-electron chi connectivity index (χ1n) is 8.33. The van der Waals surface area contributed by atoms with Gasteiger partial charge in [0.2, 0.25) is 17.6 Å². The number of hydrogen-bond acceptors (Lipinski definition) is 8. The molecule has 0 fully saturated rings. The molecule has 1 aromatic carbocycles. The van der Waals surface area contributed by atoms with Crippen LogP contribution in [-0.2, 0) is 16.1 Å². The van der Waals surface area contributed by atoms with E-state index >= 15 is 0 Å². The maximum Gasteiger partial charge on any atom is 0.235 e. The highest BCUT2D eigenvalue weighted by Gasteiger charge is 2.14. The van der Waals surface area contributed by atoms with E-state index in [1.54, 1.807) is 25.1 Å². The highest BCUT2D eigenvalue weighted by Crippen LogP contribution is 2.38. The summed E-state index contributed by atoms with van der Waals surface area (Å²) in [4.78, 5) is 23.8. The third kappa shape index (κ3) is 6.08. The van der Waals surface area contributed by atoms with Crippen LogP contribution in [0.5, 0.6) is 17.2 Å². The Labute approximate surface area is 167 Å². The summed E-state index contributed by atoms with van der Waals surface area (Å²) in [7, 11) is 4.59. The SMILES string of the molecule is COc1cc(CNC(=O)CSCC(=O)Nc2cc(C)on2)cc(OC)c1OC. The second-order valence-electron chi connectivity index (χ2n) is 5.67. The van der Waals surface area contributed by atoms with E-state index in [2.05, 4.69) is 15.8 Å². The van der Waals surface area contributed by atoms with Crippen LogP contribution in [0.1, 0.15) is 11.3 Å². The quantitative estimate of drug-likeness (QED) is 0.613. The van der Waals surface area contributed by atoms with Gasteiger partial charge in [-0.25, -0.2) is 0 Å². The zero-order valence-electron chi connectivity index (χ0n) is 16.2. The summed E-state index contributed by atoms with van der Waals surface area (Å²) in [6, 6.07) is 5.15. The summed E-state index contributed by atoms with van der Waals surface area (Å²) >= 11 is 1.20. The molecule has 1 heterocycles. The lowest BCUT2D eigenvalue weighted by Gasteiger charge is -2.14. The van der Waals surface area contributed by atoms with E-state index < -0.39 is 0 Å². The molecule has 2 N–H and O–H groups in total. The fraction of sp³-hybridized carbons (Fsp3) is 0.389. The average molecular weight is 409 g/mol. The van der Waals surface area contributed by atoms with Crippen LogP contribution < -0.4 is 24.8 Å². The molecule has 2 amide bonds. The third-order valence-electron chi connectivity index (χ3n) is 3.58. The molecule has 0 radical (unpaired) electrons. The lowest BCUT2D eigenvalue weighted by atomic mass is 10.2. The van der Waals surface area contributed by atoms with Gasteiger partial charge >= 0.3 is 0 Å². The van der Waals surface area contributed by atoms with Crippen LogP contribution in [0.3, 0.4) is 0 Å². The molecule has 0 aliphatic heterocycles. The minimum Gasteiger partial charge on any atom is -0.493 e. The molecule has 10 heteroatoms. The second-order valence-corrected chi connectivity index (χ2v) is 6.66. The van der Waals surface area contributed by atoms with Crippen molar-refractivity contribution < 1.29 is 28.3 Å². The molecule has 2 aromatic rings. The van der Waals surface area contributed by atoms with Gasteiger partial charge in [-0.1, -0.05) is 5.16 Å². The molecule has 0 unspecified atom stereocenters. The lowest BCUT2D eigenvalue weighted by molar-refractivity contribution is -0.118. The standard InChI is InChI=1S/C18H23N3O6S/c1-11-5-15(21-27-11)20-17(23)10-28-9-16(22)19-8-12-6-13(24-2)18(26-4)14(7-12)25-3/h5-7H,8-10H2,1-4H3,(H,19,22)(H,20,21,23). The van der Waals surface area contributed by atoms with Crippen LogP contribution in [-0.4, -0.2) is 49.8 Å². The first kappa shape index (κ1) is 21.4. The number of carbonyl (C=O) groups is 2. The van der Waals surface area contributed by atoms with Crippen LogP contribution >= 0.6 is 11.8 Å². The van der Waals surface area contributed by atoms with Gasteiger partial charge in [0, 0.05) is 12.6 Å². The molecule has 0 spiro atoms. The summed E-state index contributed by atoms with van der Waals surface area (Å²) in [6.07, 6.45) is 0. The van der Waals surface area contributed by atoms with Gasteiger partial charge in [0.15, 0.2) is 17.3 Å². The fourth-order valence-electron chi connectivity index (χ4n) is 2.33. The first-order valence-corrected chi connectivity index (χ1v) is 9.48. The molecule has 0 aliphatic carbocycles. The zero-order valence-corrected chi connectivity index (χ0v) is 17.0. The van der Waals surface area contributed by atoms with E-state index in [1.807, 2.05) is 0 Å². The summed E-state index contributed by atoms with van der Waals surface area (Å²) in [6.45, 7) is 2.02. The molecule has 2 rings (SSSR count). The molecule has 0 saturated carbocycles. The molecule has 0 saturated heterocycles. The largest absolute Gasteiger partial charge is 0.493 e. The summed E-state index contributed by atoms with van der Waals surface area (Å²) in [5, 5.41) is 9.07. The van der Waals surface area contributed by atoms with Crippen molar-refractivity contribution in [2.75, 3.05) is 38.2 Å². The van der Waals surface area contributed by atoms with Crippen molar-refractivity contribution >= 4 is 29.4 Å². The predicted molar refractivity (Wildman–Crippen MR) is 105 cm³/mol. The van der Waals surface area contributed by atoms with Crippen LogP contribution in [0, 0.1) is 6.92 Å². The van der Waals surface area contributed by atoms with Crippen molar-refractivity contribution in [2.45, 2.75) is 13.5 Å². The number of aryl methyl sites for hydroxylation is 1. The van der Waals surface area contributed by atoms with Gasteiger partial charge in [0.25, 0.3) is 0 Å². The lowest BCUT2D eigenvalue weighted by Crippen LogP contribution is -2.25. The molecular weight excluding hydrogens is 386 g/mol. The van der Waals surface area contributed by atoms with Crippen LogP contribution in [0.2, 0.25) is 0 Å². The molecule has 28 heavy (non-hydrogen) atoms. The van der Waals surface area contributed by atoms with Crippen LogP contribution in [0.15, 0.2) is 22.7 Å².